The molecule has 0 spiro atoms. The number of hydrogen-bond donors (Lipinski definition) is 2. The summed E-state index contributed by atoms with van der Waals surface area (Å²) in [5.41, 5.74) is 2.45. The van der Waals surface area contributed by atoms with E-state index in [0.717, 1.165) is 19.4 Å². The molecule has 3 rings (SSSR count). The van der Waals surface area contributed by atoms with E-state index in [1.165, 1.54) is 17.8 Å². The van der Waals surface area contributed by atoms with Gasteiger partial charge in [0.05, 0.1) is 30.3 Å². The fourth-order valence-corrected chi connectivity index (χ4v) is 2.64. The normalized spacial score (nSPS) is 35.4. The van der Waals surface area contributed by atoms with Crippen molar-refractivity contribution >= 4 is 0 Å². The van der Waals surface area contributed by atoms with Gasteiger partial charge in [-0.2, -0.15) is 0 Å². The molecule has 0 amide bonds. The zero-order valence-electron chi connectivity index (χ0n) is 8.99. The number of imidazole rings is 1. The maximum Gasteiger partial charge on any atom is 0.0925 e. The smallest absolute Gasteiger partial charge is 0.0925 e. The molecule has 0 aliphatic carbocycles. The lowest BCUT2D eigenvalue weighted by Gasteiger charge is -2.27. The zero-order valence-corrected chi connectivity index (χ0v) is 8.99. The van der Waals surface area contributed by atoms with Crippen molar-refractivity contribution in [3.8, 4) is 0 Å². The summed E-state index contributed by atoms with van der Waals surface area (Å²) in [4.78, 5) is 7.63. The molecule has 2 aliphatic rings. The Morgan fingerprint density at radius 2 is 2.40 bits per heavy atom. The molecule has 82 valence electrons. The molecule has 0 saturated carbocycles. The lowest BCUT2D eigenvalue weighted by molar-refractivity contribution is 0.0292. The van der Waals surface area contributed by atoms with E-state index in [1.807, 2.05) is 0 Å². The van der Waals surface area contributed by atoms with Crippen molar-refractivity contribution in [1.29, 1.82) is 0 Å². The van der Waals surface area contributed by atoms with Gasteiger partial charge in [-0.1, -0.05) is 0 Å². The van der Waals surface area contributed by atoms with Crippen molar-refractivity contribution in [3.05, 3.63) is 17.7 Å². The van der Waals surface area contributed by atoms with Crippen molar-refractivity contribution in [2.24, 2.45) is 0 Å². The number of aromatic amines is 1. The van der Waals surface area contributed by atoms with Gasteiger partial charge in [0.1, 0.15) is 0 Å². The molecule has 0 aromatic carbocycles. The number of ether oxygens (including phenoxy) is 1. The Bertz CT molecular complexity index is 349. The number of aromatic nitrogens is 2. The number of H-pyrrole nitrogens is 1. The Hall–Kier alpha value is -0.870. The van der Waals surface area contributed by atoms with Crippen LogP contribution < -0.4 is 5.32 Å². The Labute approximate surface area is 89.4 Å². The summed E-state index contributed by atoms with van der Waals surface area (Å²) in [6.07, 6.45) is 5.87. The van der Waals surface area contributed by atoms with E-state index in [4.69, 9.17) is 4.74 Å². The summed E-state index contributed by atoms with van der Waals surface area (Å²) < 4.78 is 5.91. The fraction of sp³-hybridized carbons (Fsp3) is 0.727. The Morgan fingerprint density at radius 1 is 1.47 bits per heavy atom. The SMILES string of the molecule is CC1CCC(C2NCCc3[nH]cnc32)O1. The minimum Gasteiger partial charge on any atom is -0.373 e. The van der Waals surface area contributed by atoms with Gasteiger partial charge in [0.15, 0.2) is 0 Å². The van der Waals surface area contributed by atoms with Crippen molar-refractivity contribution in [1.82, 2.24) is 15.3 Å². The summed E-state index contributed by atoms with van der Waals surface area (Å²) >= 11 is 0. The highest BCUT2D eigenvalue weighted by molar-refractivity contribution is 5.20. The standard InChI is InChI=1S/C11H17N3O/c1-7-2-3-9(15-7)11-10-8(4-5-12-11)13-6-14-10/h6-7,9,11-12H,2-5H2,1H3,(H,13,14). The highest BCUT2D eigenvalue weighted by Gasteiger charge is 2.34. The number of fused-ring (bicyclic) bond motifs is 1. The molecule has 1 aromatic heterocycles. The van der Waals surface area contributed by atoms with Gasteiger partial charge in [-0.05, 0) is 19.8 Å². The molecule has 0 bridgehead atoms. The predicted octanol–water partition coefficient (Wildman–Crippen LogP) is 1.16. The summed E-state index contributed by atoms with van der Waals surface area (Å²) in [6.45, 7) is 3.17. The van der Waals surface area contributed by atoms with Crippen LogP contribution in [0.5, 0.6) is 0 Å². The number of nitrogens with zero attached hydrogens (tertiary/aromatic N) is 1. The van der Waals surface area contributed by atoms with Crippen LogP contribution in [0.2, 0.25) is 0 Å². The molecule has 1 fully saturated rings. The Balaban J connectivity index is 1.83. The Kier molecular flexibility index (Phi) is 2.25. The highest BCUT2D eigenvalue weighted by Crippen LogP contribution is 2.32. The van der Waals surface area contributed by atoms with E-state index in [9.17, 15) is 0 Å². The van der Waals surface area contributed by atoms with Crippen LogP contribution in [0.1, 0.15) is 37.2 Å². The first kappa shape index (κ1) is 9.36. The number of nitrogens with one attached hydrogen (secondary N) is 2. The van der Waals surface area contributed by atoms with Crippen LogP contribution >= 0.6 is 0 Å². The van der Waals surface area contributed by atoms with Crippen LogP contribution in [-0.4, -0.2) is 28.7 Å². The molecular formula is C11H17N3O. The van der Waals surface area contributed by atoms with Gasteiger partial charge in [0.2, 0.25) is 0 Å². The molecule has 3 heterocycles. The average molecular weight is 207 g/mol. The topological polar surface area (TPSA) is 49.9 Å². The van der Waals surface area contributed by atoms with Crippen LogP contribution in [0.15, 0.2) is 6.33 Å². The van der Waals surface area contributed by atoms with Crippen molar-refractivity contribution in [3.63, 3.8) is 0 Å². The molecule has 15 heavy (non-hydrogen) atoms. The van der Waals surface area contributed by atoms with Crippen molar-refractivity contribution in [2.75, 3.05) is 6.54 Å². The molecule has 4 heteroatoms. The molecule has 1 aromatic rings. The summed E-state index contributed by atoms with van der Waals surface area (Å²) in [5, 5.41) is 3.52. The maximum absolute atomic E-state index is 5.91. The number of hydrogen-bond acceptors (Lipinski definition) is 3. The third-order valence-corrected chi connectivity index (χ3v) is 3.42. The van der Waals surface area contributed by atoms with Crippen LogP contribution in [-0.2, 0) is 11.2 Å². The molecule has 3 atom stereocenters. The molecular weight excluding hydrogens is 190 g/mol. The lowest BCUT2D eigenvalue weighted by Crippen LogP contribution is -2.37. The second kappa shape index (κ2) is 3.61. The lowest BCUT2D eigenvalue weighted by atomic mass is 9.98. The monoisotopic (exact) mass is 207 g/mol. The van der Waals surface area contributed by atoms with Crippen LogP contribution in [0, 0.1) is 0 Å². The fourth-order valence-electron chi connectivity index (χ4n) is 2.64. The van der Waals surface area contributed by atoms with Gasteiger partial charge in [0.25, 0.3) is 0 Å². The third kappa shape index (κ3) is 1.58. The second-order valence-corrected chi connectivity index (χ2v) is 4.51. The predicted molar refractivity (Wildman–Crippen MR) is 56.6 cm³/mol. The summed E-state index contributed by atoms with van der Waals surface area (Å²) in [7, 11) is 0. The molecule has 2 aliphatic heterocycles. The summed E-state index contributed by atoms with van der Waals surface area (Å²) in [5.74, 6) is 0. The van der Waals surface area contributed by atoms with E-state index in [-0.39, 0.29) is 0 Å². The summed E-state index contributed by atoms with van der Waals surface area (Å²) in [6, 6.07) is 0.296. The van der Waals surface area contributed by atoms with Crippen LogP contribution in [0.4, 0.5) is 0 Å². The van der Waals surface area contributed by atoms with Gasteiger partial charge >= 0.3 is 0 Å². The average Bonchev–Trinajstić information content (AvgIpc) is 2.84. The number of rotatable bonds is 1. The molecule has 0 radical (unpaired) electrons. The van der Waals surface area contributed by atoms with E-state index in [1.54, 1.807) is 6.33 Å². The first-order chi connectivity index (χ1) is 7.34. The Morgan fingerprint density at radius 3 is 3.20 bits per heavy atom. The molecule has 3 unspecified atom stereocenters. The van der Waals surface area contributed by atoms with Gasteiger partial charge in [-0.3, -0.25) is 0 Å². The first-order valence-corrected chi connectivity index (χ1v) is 5.75. The van der Waals surface area contributed by atoms with Gasteiger partial charge in [-0.15, -0.1) is 0 Å². The second-order valence-electron chi connectivity index (χ2n) is 4.51. The maximum atomic E-state index is 5.91. The molecule has 4 nitrogen and oxygen atoms in total. The van der Waals surface area contributed by atoms with Crippen molar-refractivity contribution in [2.45, 2.75) is 44.4 Å². The minimum absolute atomic E-state index is 0.296. The third-order valence-electron chi connectivity index (χ3n) is 3.42. The van der Waals surface area contributed by atoms with Gasteiger partial charge in [0, 0.05) is 18.7 Å². The molecule has 1 saturated heterocycles. The van der Waals surface area contributed by atoms with Crippen LogP contribution in [0.25, 0.3) is 0 Å². The first-order valence-electron chi connectivity index (χ1n) is 5.75. The van der Waals surface area contributed by atoms with E-state index < -0.39 is 0 Å². The van der Waals surface area contributed by atoms with E-state index in [0.29, 0.717) is 18.2 Å². The largest absolute Gasteiger partial charge is 0.373 e. The highest BCUT2D eigenvalue weighted by atomic mass is 16.5. The molecule has 2 N–H and O–H groups in total. The zero-order chi connectivity index (χ0) is 10.3. The van der Waals surface area contributed by atoms with Gasteiger partial charge in [-0.25, -0.2) is 4.98 Å². The van der Waals surface area contributed by atoms with E-state index >= 15 is 0 Å². The van der Waals surface area contributed by atoms with Gasteiger partial charge < -0.3 is 15.0 Å². The minimum atomic E-state index is 0.296. The van der Waals surface area contributed by atoms with Crippen LogP contribution in [0.3, 0.4) is 0 Å². The van der Waals surface area contributed by atoms with Crippen molar-refractivity contribution < 1.29 is 4.74 Å². The van der Waals surface area contributed by atoms with E-state index in [2.05, 4.69) is 22.2 Å². The quantitative estimate of drug-likeness (QED) is 0.726.